The second kappa shape index (κ2) is 9.71. The maximum atomic E-state index is 6.51. The minimum Gasteiger partial charge on any atom is -0.439 e. The molecule has 0 amide bonds. The number of rotatable bonds is 3. The molecule has 0 bridgehead atoms. The second-order valence-electron chi connectivity index (χ2n) is 12.5. The van der Waals surface area contributed by atoms with Crippen molar-refractivity contribution in [1.29, 1.82) is 0 Å². The Hall–Kier alpha value is -6.10. The van der Waals surface area contributed by atoms with Gasteiger partial charge in [-0.1, -0.05) is 97.1 Å². The molecular formula is C44H26N2OS. The third-order valence-corrected chi connectivity index (χ3v) is 11.0. The molecule has 0 aliphatic heterocycles. The first kappa shape index (κ1) is 26.0. The summed E-state index contributed by atoms with van der Waals surface area (Å²) in [6, 6.07) is 57.0. The van der Waals surface area contributed by atoms with Crippen LogP contribution in [0.4, 0.5) is 0 Å². The number of thiophene rings is 1. The highest BCUT2D eigenvalue weighted by Crippen LogP contribution is 2.42. The zero-order valence-electron chi connectivity index (χ0n) is 25.7. The summed E-state index contributed by atoms with van der Waals surface area (Å²) in [4.78, 5) is 0. The summed E-state index contributed by atoms with van der Waals surface area (Å²) in [6.45, 7) is 0. The first-order valence-corrected chi connectivity index (χ1v) is 17.1. The van der Waals surface area contributed by atoms with Crippen LogP contribution in [0.2, 0.25) is 0 Å². The lowest BCUT2D eigenvalue weighted by Gasteiger charge is -2.08. The number of hydrogen-bond donors (Lipinski definition) is 0. The smallest absolute Gasteiger partial charge is 0.213 e. The average molecular weight is 631 g/mol. The van der Waals surface area contributed by atoms with Gasteiger partial charge in [-0.3, -0.25) is 4.57 Å². The maximum Gasteiger partial charge on any atom is 0.213 e. The van der Waals surface area contributed by atoms with Crippen LogP contribution in [-0.2, 0) is 0 Å². The SMILES string of the molecule is c1ccc(-n2c3ccc(-c4ccc5c(c4)sc4cc(-n6c7ccccc7c7ccccc76)ccc45)cc3c3c4ccccc4oc32)cc1. The molecule has 11 aromatic rings. The highest BCUT2D eigenvalue weighted by molar-refractivity contribution is 7.25. The molecule has 0 atom stereocenters. The van der Waals surface area contributed by atoms with Gasteiger partial charge in [0, 0.05) is 53.1 Å². The Balaban J connectivity index is 1.08. The molecule has 0 saturated heterocycles. The van der Waals surface area contributed by atoms with Crippen LogP contribution >= 0.6 is 11.3 Å². The van der Waals surface area contributed by atoms with Crippen molar-refractivity contribution >= 4 is 86.3 Å². The van der Waals surface area contributed by atoms with E-state index in [0.29, 0.717) is 0 Å². The largest absolute Gasteiger partial charge is 0.439 e. The molecule has 0 aliphatic carbocycles. The van der Waals surface area contributed by atoms with E-state index in [1.54, 1.807) is 0 Å². The van der Waals surface area contributed by atoms with Gasteiger partial charge in [0.2, 0.25) is 5.71 Å². The van der Waals surface area contributed by atoms with E-state index < -0.39 is 0 Å². The Bertz CT molecular complexity index is 3010. The minimum atomic E-state index is 0.883. The average Bonchev–Trinajstić information content (AvgIpc) is 3.88. The van der Waals surface area contributed by atoms with Crippen molar-refractivity contribution in [2.24, 2.45) is 0 Å². The van der Waals surface area contributed by atoms with E-state index in [-0.39, 0.29) is 0 Å². The van der Waals surface area contributed by atoms with Crippen LogP contribution in [0.1, 0.15) is 0 Å². The van der Waals surface area contributed by atoms with Gasteiger partial charge in [0.25, 0.3) is 0 Å². The van der Waals surface area contributed by atoms with Gasteiger partial charge in [0.1, 0.15) is 5.58 Å². The number of para-hydroxylation sites is 4. The maximum absolute atomic E-state index is 6.51. The molecule has 0 N–H and O–H groups in total. The number of furan rings is 1. The summed E-state index contributed by atoms with van der Waals surface area (Å²) >= 11 is 1.87. The zero-order chi connectivity index (χ0) is 31.3. The Morgan fingerprint density at radius 2 is 1.00 bits per heavy atom. The van der Waals surface area contributed by atoms with Crippen molar-refractivity contribution < 1.29 is 4.42 Å². The summed E-state index contributed by atoms with van der Waals surface area (Å²) in [5, 5.41) is 8.66. The third-order valence-electron chi connectivity index (χ3n) is 9.93. The summed E-state index contributed by atoms with van der Waals surface area (Å²) in [6.07, 6.45) is 0. The van der Waals surface area contributed by atoms with Crippen molar-refractivity contribution in [3.8, 4) is 22.5 Å². The molecule has 4 heteroatoms. The van der Waals surface area contributed by atoms with Gasteiger partial charge in [0.15, 0.2) is 0 Å². The van der Waals surface area contributed by atoms with Crippen LogP contribution in [0.15, 0.2) is 162 Å². The van der Waals surface area contributed by atoms with Crippen LogP contribution in [0.5, 0.6) is 0 Å². The fourth-order valence-corrected chi connectivity index (χ4v) is 8.97. The minimum absolute atomic E-state index is 0.883. The van der Waals surface area contributed by atoms with E-state index in [1.807, 2.05) is 17.4 Å². The van der Waals surface area contributed by atoms with E-state index >= 15 is 0 Å². The lowest BCUT2D eigenvalue weighted by atomic mass is 10.0. The van der Waals surface area contributed by atoms with Crippen molar-refractivity contribution in [2.75, 3.05) is 0 Å². The monoisotopic (exact) mass is 630 g/mol. The lowest BCUT2D eigenvalue weighted by Crippen LogP contribution is -1.92. The predicted octanol–water partition coefficient (Wildman–Crippen LogP) is 12.7. The highest BCUT2D eigenvalue weighted by atomic mass is 32.1. The molecule has 0 aliphatic rings. The zero-order valence-corrected chi connectivity index (χ0v) is 26.5. The van der Waals surface area contributed by atoms with Gasteiger partial charge in [-0.2, -0.15) is 0 Å². The van der Waals surface area contributed by atoms with Crippen molar-refractivity contribution in [3.05, 3.63) is 158 Å². The molecule has 224 valence electrons. The molecule has 48 heavy (non-hydrogen) atoms. The van der Waals surface area contributed by atoms with E-state index in [2.05, 4.69) is 161 Å². The van der Waals surface area contributed by atoms with Gasteiger partial charge < -0.3 is 8.98 Å². The topological polar surface area (TPSA) is 23.0 Å². The summed E-state index contributed by atoms with van der Waals surface area (Å²) < 4.78 is 13.7. The Morgan fingerprint density at radius 3 is 1.79 bits per heavy atom. The number of aromatic nitrogens is 2. The summed E-state index contributed by atoms with van der Waals surface area (Å²) in [5.74, 6) is 0. The Morgan fingerprint density at radius 1 is 0.396 bits per heavy atom. The second-order valence-corrected chi connectivity index (χ2v) is 13.6. The summed E-state index contributed by atoms with van der Waals surface area (Å²) in [5.41, 5.74) is 10.1. The predicted molar refractivity (Wildman–Crippen MR) is 203 cm³/mol. The molecular weight excluding hydrogens is 605 g/mol. The van der Waals surface area contributed by atoms with E-state index in [1.165, 1.54) is 64.2 Å². The van der Waals surface area contributed by atoms with Crippen LogP contribution < -0.4 is 0 Å². The van der Waals surface area contributed by atoms with Crippen molar-refractivity contribution in [3.63, 3.8) is 0 Å². The Kier molecular flexibility index (Phi) is 5.26. The molecule has 0 saturated carbocycles. The van der Waals surface area contributed by atoms with E-state index in [0.717, 1.165) is 33.3 Å². The van der Waals surface area contributed by atoms with Crippen LogP contribution in [0, 0.1) is 0 Å². The fraction of sp³-hybridized carbons (Fsp3) is 0. The lowest BCUT2D eigenvalue weighted by molar-refractivity contribution is 0.645. The first-order valence-electron chi connectivity index (χ1n) is 16.3. The molecule has 4 heterocycles. The molecule has 11 rings (SSSR count). The third kappa shape index (κ3) is 3.58. The fourth-order valence-electron chi connectivity index (χ4n) is 7.79. The Labute approximate surface area is 279 Å². The molecule has 0 spiro atoms. The molecule has 0 fully saturated rings. The number of fused-ring (bicyclic) bond motifs is 11. The van der Waals surface area contributed by atoms with Crippen LogP contribution in [0.3, 0.4) is 0 Å². The van der Waals surface area contributed by atoms with Gasteiger partial charge in [0.05, 0.1) is 21.9 Å². The molecule has 0 unspecified atom stereocenters. The number of nitrogens with zero attached hydrogens (tertiary/aromatic N) is 2. The van der Waals surface area contributed by atoms with Crippen LogP contribution in [0.25, 0.3) is 97.5 Å². The first-order chi connectivity index (χ1) is 23.8. The van der Waals surface area contributed by atoms with Gasteiger partial charge in [-0.25, -0.2) is 0 Å². The highest BCUT2D eigenvalue weighted by Gasteiger charge is 2.20. The van der Waals surface area contributed by atoms with Gasteiger partial charge >= 0.3 is 0 Å². The normalized spacial score (nSPS) is 12.2. The van der Waals surface area contributed by atoms with Crippen molar-refractivity contribution in [1.82, 2.24) is 9.13 Å². The van der Waals surface area contributed by atoms with Gasteiger partial charge in [-0.15, -0.1) is 11.3 Å². The van der Waals surface area contributed by atoms with E-state index in [4.69, 9.17) is 4.42 Å². The quantitative estimate of drug-likeness (QED) is 0.190. The van der Waals surface area contributed by atoms with Crippen LogP contribution in [-0.4, -0.2) is 9.13 Å². The van der Waals surface area contributed by atoms with Crippen molar-refractivity contribution in [2.45, 2.75) is 0 Å². The van der Waals surface area contributed by atoms with Gasteiger partial charge in [-0.05, 0) is 71.8 Å². The summed E-state index contributed by atoms with van der Waals surface area (Å²) in [7, 11) is 0. The number of benzene rings is 7. The van der Waals surface area contributed by atoms with E-state index in [9.17, 15) is 0 Å². The molecule has 4 aromatic heterocycles. The molecule has 3 nitrogen and oxygen atoms in total. The molecule has 7 aromatic carbocycles. The molecule has 0 radical (unpaired) electrons. The number of hydrogen-bond acceptors (Lipinski definition) is 2. The standard InChI is InChI=1S/C44H26N2OS/c1-2-10-29(11-3-1)46-39-23-19-27(24-36(39)43-35-14-6-9-17-40(35)47-44(43)46)28-18-21-33-34-22-20-30(26-42(34)48-41(33)25-28)45-37-15-7-4-12-31(37)32-13-5-8-16-38(32)45/h1-26H.